The first-order chi connectivity index (χ1) is 7.17. The van der Waals surface area contributed by atoms with Crippen LogP contribution in [0.15, 0.2) is 24.4 Å². The van der Waals surface area contributed by atoms with Gasteiger partial charge in [-0.1, -0.05) is 31.3 Å². The maximum atomic E-state index is 10.0. The van der Waals surface area contributed by atoms with Crippen LogP contribution in [-0.2, 0) is 5.60 Å². The molecule has 1 atom stereocenters. The van der Waals surface area contributed by atoms with Crippen LogP contribution in [0.4, 0.5) is 0 Å². The molecule has 1 heterocycles. The van der Waals surface area contributed by atoms with Crippen LogP contribution in [-0.4, -0.2) is 10.1 Å². The van der Waals surface area contributed by atoms with Crippen LogP contribution in [0.2, 0.25) is 0 Å². The first-order valence-corrected chi connectivity index (χ1v) is 5.30. The molecule has 1 aromatic rings. The number of aromatic nitrogens is 1. The number of hydrogen-bond donors (Lipinski definition) is 1. The Balaban J connectivity index is 2.69. The summed E-state index contributed by atoms with van der Waals surface area (Å²) >= 11 is 0. The lowest BCUT2D eigenvalue weighted by atomic mass is 10.0. The third kappa shape index (κ3) is 3.73. The molecule has 0 fully saturated rings. The monoisotopic (exact) mass is 203 g/mol. The molecule has 0 radical (unpaired) electrons. The van der Waals surface area contributed by atoms with Crippen molar-refractivity contribution in [2.75, 3.05) is 0 Å². The van der Waals surface area contributed by atoms with Gasteiger partial charge in [0.05, 0.1) is 5.69 Å². The van der Waals surface area contributed by atoms with E-state index in [-0.39, 0.29) is 0 Å². The molecule has 1 rings (SSSR count). The fraction of sp³-hybridized carbons (Fsp3) is 0.462. The number of aliphatic hydroxyl groups is 1. The van der Waals surface area contributed by atoms with Crippen LogP contribution in [0.5, 0.6) is 0 Å². The van der Waals surface area contributed by atoms with Crippen molar-refractivity contribution in [3.8, 4) is 11.8 Å². The zero-order valence-electron chi connectivity index (χ0n) is 9.33. The molecule has 0 aromatic carbocycles. The molecule has 2 heteroatoms. The van der Waals surface area contributed by atoms with Gasteiger partial charge in [-0.2, -0.15) is 0 Å². The molecule has 0 bridgehead atoms. The zero-order valence-corrected chi connectivity index (χ0v) is 9.33. The number of rotatable bonds is 3. The molecule has 0 aliphatic rings. The Morgan fingerprint density at radius 3 is 2.87 bits per heavy atom. The van der Waals surface area contributed by atoms with Crippen LogP contribution in [0.3, 0.4) is 0 Å². The smallest absolute Gasteiger partial charge is 0.164 e. The first kappa shape index (κ1) is 11.7. The predicted molar refractivity (Wildman–Crippen MR) is 61.1 cm³/mol. The SMILES string of the molecule is CCCCC#CC(C)(O)c1ccccn1. The molecule has 80 valence electrons. The molecular weight excluding hydrogens is 186 g/mol. The van der Waals surface area contributed by atoms with E-state index < -0.39 is 5.60 Å². The van der Waals surface area contributed by atoms with E-state index in [9.17, 15) is 5.11 Å². The van der Waals surface area contributed by atoms with Gasteiger partial charge in [-0.15, -0.1) is 0 Å². The molecule has 0 spiro atoms. The Kier molecular flexibility index (Phi) is 4.33. The number of unbranched alkanes of at least 4 members (excludes halogenated alkanes) is 2. The topological polar surface area (TPSA) is 33.1 Å². The summed E-state index contributed by atoms with van der Waals surface area (Å²) in [5.74, 6) is 5.84. The van der Waals surface area contributed by atoms with Gasteiger partial charge < -0.3 is 5.11 Å². The number of hydrogen-bond acceptors (Lipinski definition) is 2. The van der Waals surface area contributed by atoms with Crippen molar-refractivity contribution >= 4 is 0 Å². The number of pyridine rings is 1. The van der Waals surface area contributed by atoms with Gasteiger partial charge >= 0.3 is 0 Å². The maximum Gasteiger partial charge on any atom is 0.164 e. The lowest BCUT2D eigenvalue weighted by molar-refractivity contribution is 0.117. The molecule has 1 N–H and O–H groups in total. The van der Waals surface area contributed by atoms with E-state index in [2.05, 4.69) is 23.7 Å². The van der Waals surface area contributed by atoms with E-state index >= 15 is 0 Å². The van der Waals surface area contributed by atoms with Gasteiger partial charge in [-0.25, -0.2) is 0 Å². The van der Waals surface area contributed by atoms with Crippen molar-refractivity contribution < 1.29 is 5.11 Å². The Labute approximate surface area is 91.4 Å². The lowest BCUT2D eigenvalue weighted by Crippen LogP contribution is -2.19. The van der Waals surface area contributed by atoms with E-state index in [0.29, 0.717) is 5.69 Å². The molecule has 0 saturated carbocycles. The molecule has 15 heavy (non-hydrogen) atoms. The van der Waals surface area contributed by atoms with Gasteiger partial charge in [-0.05, 0) is 25.5 Å². The minimum absolute atomic E-state index is 0.606. The van der Waals surface area contributed by atoms with Gasteiger partial charge in [0.2, 0.25) is 0 Å². The summed E-state index contributed by atoms with van der Waals surface area (Å²) < 4.78 is 0. The Hall–Kier alpha value is -1.33. The molecule has 2 nitrogen and oxygen atoms in total. The highest BCUT2D eigenvalue weighted by Gasteiger charge is 2.20. The second kappa shape index (κ2) is 5.53. The Morgan fingerprint density at radius 1 is 1.47 bits per heavy atom. The summed E-state index contributed by atoms with van der Waals surface area (Å²) in [6.45, 7) is 3.80. The Bertz CT molecular complexity index is 346. The van der Waals surface area contributed by atoms with Crippen LogP contribution in [0.1, 0.15) is 38.8 Å². The molecule has 0 aliphatic carbocycles. The average Bonchev–Trinajstić information content (AvgIpc) is 2.26. The highest BCUT2D eigenvalue weighted by atomic mass is 16.3. The minimum atomic E-state index is -1.13. The second-order valence-corrected chi connectivity index (χ2v) is 3.69. The Morgan fingerprint density at radius 2 is 2.27 bits per heavy atom. The molecule has 0 aliphatic heterocycles. The lowest BCUT2D eigenvalue weighted by Gasteiger charge is -2.14. The standard InChI is InChI=1S/C13H17NO/c1-3-4-5-7-10-13(2,15)12-9-6-8-11-14-12/h6,8-9,11,15H,3-5H2,1-2H3. The van der Waals surface area contributed by atoms with Crippen LogP contribution in [0, 0.1) is 11.8 Å². The summed E-state index contributed by atoms with van der Waals surface area (Å²) in [4.78, 5) is 4.10. The number of nitrogens with zero attached hydrogens (tertiary/aromatic N) is 1. The van der Waals surface area contributed by atoms with Crippen molar-refractivity contribution in [3.63, 3.8) is 0 Å². The van der Waals surface area contributed by atoms with Crippen molar-refractivity contribution in [1.29, 1.82) is 0 Å². The van der Waals surface area contributed by atoms with Gasteiger partial charge in [0, 0.05) is 12.6 Å². The second-order valence-electron chi connectivity index (χ2n) is 3.69. The van der Waals surface area contributed by atoms with Crippen molar-refractivity contribution in [3.05, 3.63) is 30.1 Å². The van der Waals surface area contributed by atoms with Gasteiger partial charge in [0.1, 0.15) is 0 Å². The fourth-order valence-electron chi connectivity index (χ4n) is 1.21. The normalized spacial score (nSPS) is 13.8. The fourth-order valence-corrected chi connectivity index (χ4v) is 1.21. The summed E-state index contributed by atoms with van der Waals surface area (Å²) in [6, 6.07) is 5.46. The van der Waals surface area contributed by atoms with Crippen molar-refractivity contribution in [2.24, 2.45) is 0 Å². The van der Waals surface area contributed by atoms with Gasteiger partial charge in [0.25, 0.3) is 0 Å². The molecule has 0 amide bonds. The maximum absolute atomic E-state index is 10.0. The quantitative estimate of drug-likeness (QED) is 0.604. The average molecular weight is 203 g/mol. The van der Waals surface area contributed by atoms with E-state index in [0.717, 1.165) is 19.3 Å². The minimum Gasteiger partial charge on any atom is -0.372 e. The summed E-state index contributed by atoms with van der Waals surface area (Å²) in [5.41, 5.74) is -0.524. The van der Waals surface area contributed by atoms with Crippen molar-refractivity contribution in [2.45, 2.75) is 38.7 Å². The van der Waals surface area contributed by atoms with Crippen molar-refractivity contribution in [1.82, 2.24) is 4.98 Å². The van der Waals surface area contributed by atoms with Crippen LogP contribution >= 0.6 is 0 Å². The van der Waals surface area contributed by atoms with Crippen LogP contribution in [0.25, 0.3) is 0 Å². The van der Waals surface area contributed by atoms with Crippen LogP contribution < -0.4 is 0 Å². The van der Waals surface area contributed by atoms with E-state index in [1.807, 2.05) is 12.1 Å². The molecule has 1 unspecified atom stereocenters. The van der Waals surface area contributed by atoms with E-state index in [1.165, 1.54) is 0 Å². The van der Waals surface area contributed by atoms with E-state index in [1.54, 1.807) is 19.2 Å². The largest absolute Gasteiger partial charge is 0.372 e. The van der Waals surface area contributed by atoms with E-state index in [4.69, 9.17) is 0 Å². The summed E-state index contributed by atoms with van der Waals surface area (Å²) in [7, 11) is 0. The third-order valence-electron chi connectivity index (χ3n) is 2.15. The molecule has 1 aromatic heterocycles. The summed E-state index contributed by atoms with van der Waals surface area (Å²) in [6.07, 6.45) is 4.70. The highest BCUT2D eigenvalue weighted by molar-refractivity contribution is 5.24. The highest BCUT2D eigenvalue weighted by Crippen LogP contribution is 2.16. The first-order valence-electron chi connectivity index (χ1n) is 5.30. The van der Waals surface area contributed by atoms with Gasteiger partial charge in [-0.3, -0.25) is 4.98 Å². The predicted octanol–water partition coefficient (Wildman–Crippen LogP) is 2.48. The summed E-state index contributed by atoms with van der Waals surface area (Å²) in [5, 5.41) is 10.0. The molecule has 0 saturated heterocycles. The van der Waals surface area contributed by atoms with Gasteiger partial charge in [0.15, 0.2) is 5.60 Å². The zero-order chi connectivity index (χ0) is 11.1. The third-order valence-corrected chi connectivity index (χ3v) is 2.15. The molecular formula is C13H17NO.